The first-order valence-corrected chi connectivity index (χ1v) is 8.45. The Kier molecular flexibility index (Phi) is 4.32. The van der Waals surface area contributed by atoms with Crippen LogP contribution in [0.15, 0.2) is 0 Å². The highest BCUT2D eigenvalue weighted by molar-refractivity contribution is 5.79. The van der Waals surface area contributed by atoms with Crippen molar-refractivity contribution in [2.24, 2.45) is 17.6 Å². The molecule has 5 unspecified atom stereocenters. The van der Waals surface area contributed by atoms with Gasteiger partial charge in [-0.3, -0.25) is 9.69 Å². The first-order chi connectivity index (χ1) is 9.65. The average molecular weight is 279 g/mol. The lowest BCUT2D eigenvalue weighted by Crippen LogP contribution is -2.50. The molecule has 0 aromatic heterocycles. The molecular weight excluding hydrogens is 250 g/mol. The smallest absolute Gasteiger partial charge is 0.223 e. The van der Waals surface area contributed by atoms with E-state index in [4.69, 9.17) is 5.73 Å². The molecule has 0 spiro atoms. The maximum Gasteiger partial charge on any atom is 0.223 e. The van der Waals surface area contributed by atoms with E-state index in [1.54, 1.807) is 0 Å². The summed E-state index contributed by atoms with van der Waals surface area (Å²) < 4.78 is 0. The van der Waals surface area contributed by atoms with E-state index >= 15 is 0 Å². The van der Waals surface area contributed by atoms with Crippen LogP contribution in [0.5, 0.6) is 0 Å². The van der Waals surface area contributed by atoms with Crippen LogP contribution < -0.4 is 11.1 Å². The lowest BCUT2D eigenvalue weighted by molar-refractivity contribution is -0.128. The summed E-state index contributed by atoms with van der Waals surface area (Å²) in [4.78, 5) is 15.2. The lowest BCUT2D eigenvalue weighted by Gasteiger charge is -2.35. The van der Waals surface area contributed by atoms with E-state index in [2.05, 4.69) is 17.1 Å². The minimum atomic E-state index is 0.136. The Morgan fingerprint density at radius 2 is 2.00 bits per heavy atom. The van der Waals surface area contributed by atoms with E-state index in [0.717, 1.165) is 32.2 Å². The number of carbonyl (C=O) groups excluding carboxylic acids is 1. The molecule has 0 bridgehead atoms. The summed E-state index contributed by atoms with van der Waals surface area (Å²) in [5.74, 6) is 0.889. The fourth-order valence-electron chi connectivity index (χ4n) is 4.43. The molecule has 3 fully saturated rings. The summed E-state index contributed by atoms with van der Waals surface area (Å²) in [5.41, 5.74) is 6.05. The van der Waals surface area contributed by atoms with E-state index in [1.807, 2.05) is 0 Å². The van der Waals surface area contributed by atoms with Gasteiger partial charge >= 0.3 is 0 Å². The van der Waals surface area contributed by atoms with Gasteiger partial charge in [0.15, 0.2) is 0 Å². The van der Waals surface area contributed by atoms with Crippen LogP contribution in [0.4, 0.5) is 0 Å². The van der Waals surface area contributed by atoms with Crippen LogP contribution in [0.2, 0.25) is 0 Å². The summed E-state index contributed by atoms with van der Waals surface area (Å²) >= 11 is 0. The first-order valence-electron chi connectivity index (χ1n) is 8.45. The number of nitrogens with two attached hydrogens (primary N) is 1. The van der Waals surface area contributed by atoms with Crippen LogP contribution in [-0.2, 0) is 4.79 Å². The minimum absolute atomic E-state index is 0.136. The largest absolute Gasteiger partial charge is 0.351 e. The highest BCUT2D eigenvalue weighted by Crippen LogP contribution is 2.31. The van der Waals surface area contributed by atoms with Gasteiger partial charge in [-0.15, -0.1) is 0 Å². The summed E-state index contributed by atoms with van der Waals surface area (Å²) in [6.07, 6.45) is 8.07. The molecule has 5 atom stereocenters. The van der Waals surface area contributed by atoms with Crippen molar-refractivity contribution in [3.8, 4) is 0 Å². The first kappa shape index (κ1) is 14.3. The summed E-state index contributed by atoms with van der Waals surface area (Å²) in [6.45, 7) is 4.59. The molecule has 3 N–H and O–H groups in total. The van der Waals surface area contributed by atoms with Gasteiger partial charge in [0.1, 0.15) is 0 Å². The van der Waals surface area contributed by atoms with Crippen LogP contribution in [0.3, 0.4) is 0 Å². The van der Waals surface area contributed by atoms with Crippen molar-refractivity contribution in [3.63, 3.8) is 0 Å². The Hall–Kier alpha value is -0.610. The second-order valence-electron chi connectivity index (χ2n) is 7.16. The van der Waals surface area contributed by atoms with Crippen molar-refractivity contribution < 1.29 is 4.79 Å². The third kappa shape index (κ3) is 2.86. The number of nitrogens with zero attached hydrogens (tertiary/aromatic N) is 1. The van der Waals surface area contributed by atoms with Gasteiger partial charge in [0.25, 0.3) is 0 Å². The van der Waals surface area contributed by atoms with Gasteiger partial charge in [-0.05, 0) is 51.0 Å². The van der Waals surface area contributed by atoms with Gasteiger partial charge in [0.2, 0.25) is 5.91 Å². The minimum Gasteiger partial charge on any atom is -0.351 e. The fraction of sp³-hybridized carbons (Fsp3) is 0.938. The topological polar surface area (TPSA) is 58.4 Å². The molecule has 2 saturated heterocycles. The summed E-state index contributed by atoms with van der Waals surface area (Å²) in [5, 5.41) is 3.36. The molecule has 0 aromatic rings. The number of piperidine rings is 1. The van der Waals surface area contributed by atoms with Crippen molar-refractivity contribution in [3.05, 3.63) is 0 Å². The number of hydrogen-bond donors (Lipinski definition) is 2. The fourth-order valence-corrected chi connectivity index (χ4v) is 4.43. The number of hydrogen-bond acceptors (Lipinski definition) is 3. The quantitative estimate of drug-likeness (QED) is 0.805. The second-order valence-corrected chi connectivity index (χ2v) is 7.16. The van der Waals surface area contributed by atoms with E-state index in [0.29, 0.717) is 18.0 Å². The number of carbonyl (C=O) groups is 1. The van der Waals surface area contributed by atoms with Crippen molar-refractivity contribution in [1.29, 1.82) is 0 Å². The van der Waals surface area contributed by atoms with E-state index in [9.17, 15) is 4.79 Å². The van der Waals surface area contributed by atoms with Gasteiger partial charge in [-0.1, -0.05) is 13.3 Å². The predicted molar refractivity (Wildman–Crippen MR) is 80.2 cm³/mol. The van der Waals surface area contributed by atoms with Crippen LogP contribution in [0.25, 0.3) is 0 Å². The SMILES string of the molecule is CC1CCC(N)CC1C(=O)NC1CCN2CCCCC12. The van der Waals surface area contributed by atoms with Crippen LogP contribution in [0, 0.1) is 11.8 Å². The van der Waals surface area contributed by atoms with Gasteiger partial charge in [0.05, 0.1) is 0 Å². The number of rotatable bonds is 2. The standard InChI is InChI=1S/C16H29N3O/c1-11-5-6-12(17)10-13(11)16(20)18-14-7-9-19-8-3-2-4-15(14)19/h11-15H,2-10,17H2,1H3,(H,18,20). The molecule has 4 nitrogen and oxygen atoms in total. The predicted octanol–water partition coefficient (Wildman–Crippen LogP) is 1.49. The highest BCUT2D eigenvalue weighted by atomic mass is 16.2. The molecule has 1 amide bonds. The molecule has 20 heavy (non-hydrogen) atoms. The van der Waals surface area contributed by atoms with Crippen molar-refractivity contribution >= 4 is 5.91 Å². The van der Waals surface area contributed by atoms with Gasteiger partial charge in [-0.25, -0.2) is 0 Å². The number of fused-ring (bicyclic) bond motifs is 1. The molecule has 0 radical (unpaired) electrons. The lowest BCUT2D eigenvalue weighted by atomic mass is 9.77. The van der Waals surface area contributed by atoms with Gasteiger partial charge < -0.3 is 11.1 Å². The molecule has 114 valence electrons. The maximum absolute atomic E-state index is 12.6. The Labute approximate surface area is 122 Å². The number of amides is 1. The maximum atomic E-state index is 12.6. The van der Waals surface area contributed by atoms with Gasteiger partial charge in [-0.2, -0.15) is 0 Å². The Morgan fingerprint density at radius 3 is 2.85 bits per heavy atom. The van der Waals surface area contributed by atoms with Gasteiger partial charge in [0, 0.05) is 30.6 Å². The molecule has 1 aliphatic carbocycles. The van der Waals surface area contributed by atoms with Crippen LogP contribution in [0.1, 0.15) is 51.9 Å². The van der Waals surface area contributed by atoms with Crippen LogP contribution >= 0.6 is 0 Å². The number of nitrogens with one attached hydrogen (secondary N) is 1. The van der Waals surface area contributed by atoms with E-state index < -0.39 is 0 Å². The zero-order chi connectivity index (χ0) is 14.1. The molecule has 0 aromatic carbocycles. The average Bonchev–Trinajstić information content (AvgIpc) is 2.85. The molecular formula is C16H29N3O. The second kappa shape index (κ2) is 6.02. The van der Waals surface area contributed by atoms with Crippen LogP contribution in [-0.4, -0.2) is 42.0 Å². The summed E-state index contributed by atoms with van der Waals surface area (Å²) in [7, 11) is 0. The summed E-state index contributed by atoms with van der Waals surface area (Å²) in [6, 6.07) is 1.20. The van der Waals surface area contributed by atoms with Crippen molar-refractivity contribution in [2.75, 3.05) is 13.1 Å². The Morgan fingerprint density at radius 1 is 1.15 bits per heavy atom. The Balaban J connectivity index is 1.58. The third-order valence-electron chi connectivity index (χ3n) is 5.76. The zero-order valence-corrected chi connectivity index (χ0v) is 12.7. The monoisotopic (exact) mass is 279 g/mol. The van der Waals surface area contributed by atoms with Crippen molar-refractivity contribution in [2.45, 2.75) is 70.0 Å². The van der Waals surface area contributed by atoms with E-state index in [-0.39, 0.29) is 17.9 Å². The molecule has 3 rings (SSSR count). The molecule has 3 aliphatic rings. The zero-order valence-electron chi connectivity index (χ0n) is 12.7. The normalized spacial score (nSPS) is 42.2. The molecule has 2 heterocycles. The van der Waals surface area contributed by atoms with E-state index in [1.165, 1.54) is 25.8 Å². The van der Waals surface area contributed by atoms with Crippen molar-refractivity contribution in [1.82, 2.24) is 10.2 Å². The molecule has 2 aliphatic heterocycles. The third-order valence-corrected chi connectivity index (χ3v) is 5.76. The molecule has 1 saturated carbocycles. The molecule has 4 heteroatoms. The Bertz CT molecular complexity index is 360. The highest BCUT2D eigenvalue weighted by Gasteiger charge is 2.38.